The van der Waals surface area contributed by atoms with Crippen molar-refractivity contribution in [3.8, 4) is 0 Å². The van der Waals surface area contributed by atoms with Crippen LogP contribution in [-0.4, -0.2) is 40.3 Å². The maximum Gasteiger partial charge on any atom is 0.255 e. The Kier molecular flexibility index (Phi) is 9.69. The summed E-state index contributed by atoms with van der Waals surface area (Å²) in [5.41, 5.74) is 0.366. The van der Waals surface area contributed by atoms with E-state index in [4.69, 9.17) is 16.9 Å². The smallest absolute Gasteiger partial charge is 0.255 e. The molecule has 4 N–H and O–H groups in total. The van der Waals surface area contributed by atoms with Crippen LogP contribution in [0, 0.1) is 15.9 Å². The predicted molar refractivity (Wildman–Crippen MR) is 125 cm³/mol. The van der Waals surface area contributed by atoms with Crippen LogP contribution in [0.25, 0.3) is 0 Å². The molecule has 1 atom stereocenters. The predicted octanol–water partition coefficient (Wildman–Crippen LogP) is 3.34. The molecule has 0 aliphatic heterocycles. The van der Waals surface area contributed by atoms with E-state index in [2.05, 4.69) is 14.5 Å². The number of rotatable bonds is 6. The number of anilines is 2. The molecule has 0 aliphatic carbocycles. The summed E-state index contributed by atoms with van der Waals surface area (Å²) in [4.78, 5) is 32.4. The Morgan fingerprint density at radius 2 is 1.66 bits per heavy atom. The second-order valence-electron chi connectivity index (χ2n) is 6.69. The zero-order chi connectivity index (χ0) is 26.2. The monoisotopic (exact) mass is 569 g/mol. The summed E-state index contributed by atoms with van der Waals surface area (Å²) in [6.45, 7) is 1.21. The molecule has 1 unspecified atom stereocenters. The number of nitro groups is 1. The molecule has 3 aromatic rings. The Morgan fingerprint density at radius 1 is 1.06 bits per heavy atom. The minimum absolute atomic E-state index is 0.0177. The SMILES string of the molecule is CC(=O)Nc1ccc([As](=O)(O)OO)c([N+](=O)[O-])c1.O=C(Nc1ccc(F)c(Cl)c1)c1ccccc1. The zero-order valence-corrected chi connectivity index (χ0v) is 20.5. The molecule has 0 fully saturated rings. The second kappa shape index (κ2) is 12.2. The van der Waals surface area contributed by atoms with Crippen LogP contribution < -0.4 is 15.0 Å². The molecule has 0 bridgehead atoms. The maximum atomic E-state index is 12.9. The first-order valence-electron chi connectivity index (χ1n) is 9.48. The fourth-order valence-corrected chi connectivity index (χ4v) is 4.43. The van der Waals surface area contributed by atoms with E-state index in [1.165, 1.54) is 31.2 Å². The van der Waals surface area contributed by atoms with Crippen LogP contribution in [0.4, 0.5) is 21.5 Å². The van der Waals surface area contributed by atoms with Crippen LogP contribution in [0.3, 0.4) is 0 Å². The molecule has 0 saturated heterocycles. The number of benzene rings is 3. The number of nitro benzene ring substituents is 1. The fraction of sp³-hybridized carbons (Fsp3) is 0.0476. The Hall–Kier alpha value is -3.54. The molecule has 0 spiro atoms. The van der Waals surface area contributed by atoms with Crippen LogP contribution >= 0.6 is 11.6 Å². The zero-order valence-electron chi connectivity index (χ0n) is 17.8. The number of hydrogen-bond acceptors (Lipinski definition) is 7. The molecule has 0 radical (unpaired) electrons. The number of amides is 2. The van der Waals surface area contributed by atoms with Crippen LogP contribution in [0.1, 0.15) is 17.3 Å². The molecular formula is C21H18AsClFN3O8. The second-order valence-corrected chi connectivity index (χ2v) is 10.6. The molecule has 11 nitrogen and oxygen atoms in total. The van der Waals surface area contributed by atoms with Crippen molar-refractivity contribution in [2.24, 2.45) is 0 Å². The number of nitrogens with zero attached hydrogens (tertiary/aromatic N) is 1. The van der Waals surface area contributed by atoms with Crippen LogP contribution in [0.15, 0.2) is 66.7 Å². The Labute approximate surface area is 205 Å². The van der Waals surface area contributed by atoms with Gasteiger partial charge in [0.15, 0.2) is 0 Å². The van der Waals surface area contributed by atoms with Gasteiger partial charge in [0.05, 0.1) is 5.02 Å². The summed E-state index contributed by atoms with van der Waals surface area (Å²) >= 11 is 0.286. The molecule has 0 aliphatic rings. The van der Waals surface area contributed by atoms with Gasteiger partial charge >= 0.3 is 103 Å². The van der Waals surface area contributed by atoms with Crippen molar-refractivity contribution in [3.05, 3.63) is 93.2 Å². The molecule has 3 rings (SSSR count). The van der Waals surface area contributed by atoms with E-state index < -0.39 is 40.9 Å². The molecule has 184 valence electrons. The van der Waals surface area contributed by atoms with E-state index in [1.807, 2.05) is 6.07 Å². The first-order chi connectivity index (χ1) is 16.4. The molecular weight excluding hydrogens is 552 g/mol. The van der Waals surface area contributed by atoms with E-state index in [0.717, 1.165) is 12.1 Å². The summed E-state index contributed by atoms with van der Waals surface area (Å²) in [7, 11) is 0. The van der Waals surface area contributed by atoms with Gasteiger partial charge in [0.25, 0.3) is 5.91 Å². The van der Waals surface area contributed by atoms with Gasteiger partial charge in [-0.3, -0.25) is 4.79 Å². The Balaban J connectivity index is 0.000000247. The van der Waals surface area contributed by atoms with Gasteiger partial charge in [0, 0.05) is 11.3 Å². The van der Waals surface area contributed by atoms with Gasteiger partial charge in [0.1, 0.15) is 5.82 Å². The van der Waals surface area contributed by atoms with Crippen molar-refractivity contribution in [2.45, 2.75) is 6.92 Å². The van der Waals surface area contributed by atoms with Gasteiger partial charge in [-0.05, 0) is 30.3 Å². The summed E-state index contributed by atoms with van der Waals surface area (Å²) in [6.07, 6.45) is 0. The Morgan fingerprint density at radius 3 is 2.20 bits per heavy atom. The molecule has 0 aromatic heterocycles. The molecule has 35 heavy (non-hydrogen) atoms. The maximum absolute atomic E-state index is 12.9. The summed E-state index contributed by atoms with van der Waals surface area (Å²) in [5.74, 6) is -1.22. The van der Waals surface area contributed by atoms with Gasteiger partial charge in [-0.25, -0.2) is 4.39 Å². The molecule has 0 saturated carbocycles. The average molecular weight is 570 g/mol. The third-order valence-corrected chi connectivity index (χ3v) is 6.95. The van der Waals surface area contributed by atoms with E-state index in [0.29, 0.717) is 11.3 Å². The van der Waals surface area contributed by atoms with E-state index in [-0.39, 0.29) is 16.6 Å². The van der Waals surface area contributed by atoms with Crippen molar-refractivity contribution >= 4 is 59.0 Å². The molecule has 14 heteroatoms. The standard InChI is InChI=1S/C13H9ClFNO.C8H9AsN2O7/c14-11-8-10(6-7-12(11)15)16-13(17)9-4-2-1-3-5-9;1-5(12)10-6-2-3-7(9(13,14)18-17)8(4-6)11(15)16/h1-8H,(H,16,17);2-4,17H,1H3,(H,10,12)(H,13,14). The number of halogens is 2. The van der Waals surface area contributed by atoms with Crippen LogP contribution in [0.2, 0.25) is 5.02 Å². The van der Waals surface area contributed by atoms with Crippen molar-refractivity contribution in [1.29, 1.82) is 0 Å². The first kappa shape index (κ1) is 27.7. The third-order valence-electron chi connectivity index (χ3n) is 4.12. The quantitative estimate of drug-likeness (QED) is 0.152. The fourth-order valence-electron chi connectivity index (χ4n) is 2.60. The third kappa shape index (κ3) is 8.02. The minimum Gasteiger partial charge on any atom is -0.322 e. The minimum atomic E-state index is -5.33. The van der Waals surface area contributed by atoms with Gasteiger partial charge in [0.2, 0.25) is 0 Å². The van der Waals surface area contributed by atoms with Gasteiger partial charge in [-0.1, -0.05) is 29.8 Å². The van der Waals surface area contributed by atoms with Crippen molar-refractivity contribution in [2.75, 3.05) is 10.6 Å². The number of carbonyl (C=O) groups is 2. The van der Waals surface area contributed by atoms with E-state index in [9.17, 15) is 31.9 Å². The largest absolute Gasteiger partial charge is 0.322 e. The number of nitrogens with one attached hydrogen (secondary N) is 2. The van der Waals surface area contributed by atoms with E-state index in [1.54, 1.807) is 24.3 Å². The molecule has 2 amide bonds. The molecule has 0 heterocycles. The van der Waals surface area contributed by atoms with Gasteiger partial charge < -0.3 is 5.32 Å². The summed E-state index contributed by atoms with van der Waals surface area (Å²) < 4.78 is 36.4. The normalized spacial score (nSPS) is 11.9. The molecule has 3 aromatic carbocycles. The van der Waals surface area contributed by atoms with Crippen LogP contribution in [0.5, 0.6) is 0 Å². The van der Waals surface area contributed by atoms with Gasteiger partial charge in [-0.2, -0.15) is 0 Å². The van der Waals surface area contributed by atoms with Crippen molar-refractivity contribution < 1.29 is 35.9 Å². The van der Waals surface area contributed by atoms with Gasteiger partial charge in [-0.15, -0.1) is 0 Å². The van der Waals surface area contributed by atoms with Crippen molar-refractivity contribution in [3.63, 3.8) is 0 Å². The summed E-state index contributed by atoms with van der Waals surface area (Å²) in [6, 6.07) is 15.8. The topological polar surface area (TPSA) is 168 Å². The first-order valence-corrected chi connectivity index (χ1v) is 13.2. The Bertz CT molecular complexity index is 1290. The van der Waals surface area contributed by atoms with E-state index >= 15 is 0 Å². The average Bonchev–Trinajstić information content (AvgIpc) is 2.82. The summed E-state index contributed by atoms with van der Waals surface area (Å²) in [5, 5.41) is 23.9. The van der Waals surface area contributed by atoms with Crippen molar-refractivity contribution in [1.82, 2.24) is 0 Å². The number of carbonyl (C=O) groups excluding carboxylic acids is 2. The number of hydrogen-bond donors (Lipinski definition) is 4. The van der Waals surface area contributed by atoms with Crippen LogP contribution in [-0.2, 0) is 12.4 Å².